The fourth-order valence-electron chi connectivity index (χ4n) is 5.69. The molecule has 0 atom stereocenters. The minimum Gasteiger partial charge on any atom is -0.493 e. The van der Waals surface area contributed by atoms with Gasteiger partial charge in [-0.15, -0.1) is 0 Å². The average Bonchev–Trinajstić information content (AvgIpc) is 3.90. The summed E-state index contributed by atoms with van der Waals surface area (Å²) in [5, 5.41) is 0. The van der Waals surface area contributed by atoms with Crippen LogP contribution in [0.4, 0.5) is 22.0 Å². The predicted molar refractivity (Wildman–Crippen MR) is 169 cm³/mol. The largest absolute Gasteiger partial charge is 0.493 e. The Hall–Kier alpha value is -5.91. The number of aromatic nitrogens is 4. The molecule has 0 spiro atoms. The Morgan fingerprint density at radius 3 is 1.47 bits per heavy atom. The van der Waals surface area contributed by atoms with Crippen molar-refractivity contribution in [2.75, 3.05) is 21.3 Å². The van der Waals surface area contributed by atoms with Crippen LogP contribution in [-0.2, 0) is 0 Å². The van der Waals surface area contributed by atoms with E-state index < -0.39 is 34.6 Å². The molecule has 2 aromatic carbocycles. The number of rotatable bonds is 5. The lowest BCUT2D eigenvalue weighted by Crippen LogP contribution is -2.05. The van der Waals surface area contributed by atoms with E-state index in [4.69, 9.17) is 19.2 Å². The van der Waals surface area contributed by atoms with Gasteiger partial charge < -0.3 is 24.2 Å². The molecule has 0 radical (unpaired) electrons. The lowest BCUT2D eigenvalue weighted by atomic mass is 10.0. The van der Waals surface area contributed by atoms with Gasteiger partial charge in [-0.25, -0.2) is 31.9 Å². The monoisotopic (exact) mass is 642 g/mol. The van der Waals surface area contributed by atoms with Crippen LogP contribution in [0.15, 0.2) is 48.5 Å². The third kappa shape index (κ3) is 4.98. The highest BCUT2D eigenvalue weighted by atomic mass is 19.2. The Labute approximate surface area is 263 Å². The van der Waals surface area contributed by atoms with Gasteiger partial charge in [-0.1, -0.05) is 0 Å². The minimum atomic E-state index is -2.24. The standard InChI is InChI=1S/C35H23F5N4O3/c1-45-25-12-16(13-26(46-2)35(25)47-3)27-21-8-4-17(41-21)14-19-6-10-23(43-19)28(29-30(36)32(38)34(40)33(39)31(29)37)24-11-7-20(44-24)15-18-5-9-22(27)42-18/h4-15,41,44H,1-3H3. The molecule has 2 aliphatic heterocycles. The predicted octanol–water partition coefficient (Wildman–Crippen LogP) is 8.71. The van der Waals surface area contributed by atoms with E-state index >= 15 is 8.78 Å². The summed E-state index contributed by atoms with van der Waals surface area (Å²) >= 11 is 0. The van der Waals surface area contributed by atoms with Crippen molar-refractivity contribution < 1.29 is 36.2 Å². The van der Waals surface area contributed by atoms with Gasteiger partial charge in [0.15, 0.2) is 34.8 Å². The van der Waals surface area contributed by atoms with Crippen molar-refractivity contribution in [1.82, 2.24) is 19.9 Å². The summed E-state index contributed by atoms with van der Waals surface area (Å²) in [4.78, 5) is 15.7. The number of hydrogen-bond acceptors (Lipinski definition) is 5. The molecule has 7 rings (SSSR count). The molecule has 0 fully saturated rings. The number of hydrogen-bond donors (Lipinski definition) is 2. The smallest absolute Gasteiger partial charge is 0.203 e. The molecule has 5 aromatic rings. The lowest BCUT2D eigenvalue weighted by molar-refractivity contribution is 0.324. The van der Waals surface area contributed by atoms with Crippen LogP contribution in [0, 0.1) is 29.1 Å². The van der Waals surface area contributed by atoms with Gasteiger partial charge in [0, 0.05) is 33.2 Å². The molecule has 2 N–H and O–H groups in total. The van der Waals surface area contributed by atoms with Crippen molar-refractivity contribution in [3.8, 4) is 39.5 Å². The molecule has 5 heterocycles. The van der Waals surface area contributed by atoms with E-state index in [2.05, 4.69) is 15.0 Å². The van der Waals surface area contributed by atoms with Gasteiger partial charge in [0.1, 0.15) is 0 Å². The van der Waals surface area contributed by atoms with E-state index in [0.717, 1.165) is 11.1 Å². The van der Waals surface area contributed by atoms with Crippen LogP contribution in [0.1, 0.15) is 22.8 Å². The van der Waals surface area contributed by atoms with Gasteiger partial charge in [0.2, 0.25) is 11.6 Å². The minimum absolute atomic E-state index is 0.00914. The van der Waals surface area contributed by atoms with Gasteiger partial charge in [-0.2, -0.15) is 0 Å². The quantitative estimate of drug-likeness (QED) is 0.112. The summed E-state index contributed by atoms with van der Waals surface area (Å²) in [5.41, 5.74) is 3.35. The summed E-state index contributed by atoms with van der Waals surface area (Å²) in [7, 11) is 4.58. The Balaban J connectivity index is 1.56. The maximum Gasteiger partial charge on any atom is 0.203 e. The van der Waals surface area contributed by atoms with Crippen LogP contribution in [0.5, 0.6) is 17.2 Å². The number of ether oxygens (including phenoxy) is 3. The van der Waals surface area contributed by atoms with Crippen LogP contribution in [0.3, 0.4) is 0 Å². The Morgan fingerprint density at radius 1 is 0.511 bits per heavy atom. The summed E-state index contributed by atoms with van der Waals surface area (Å²) in [5.74, 6) is -8.95. The molecule has 47 heavy (non-hydrogen) atoms. The van der Waals surface area contributed by atoms with Gasteiger partial charge in [-0.3, -0.25) is 0 Å². The number of fused-ring (bicyclic) bond motifs is 8. The molecule has 0 amide bonds. The number of benzene rings is 2. The molecular formula is C35H23F5N4O3. The second-order valence-corrected chi connectivity index (χ2v) is 10.6. The number of nitrogens with zero attached hydrogens (tertiary/aromatic N) is 2. The van der Waals surface area contributed by atoms with E-state index in [1.54, 1.807) is 36.4 Å². The molecule has 236 valence electrons. The lowest BCUT2D eigenvalue weighted by Gasteiger charge is -2.14. The molecule has 0 saturated carbocycles. The molecule has 0 unspecified atom stereocenters. The van der Waals surface area contributed by atoms with Crippen molar-refractivity contribution >= 4 is 46.4 Å². The number of methoxy groups -OCH3 is 3. The first-order chi connectivity index (χ1) is 22.7. The Kier molecular flexibility index (Phi) is 7.27. The zero-order valence-electron chi connectivity index (χ0n) is 24.9. The second-order valence-electron chi connectivity index (χ2n) is 10.6. The van der Waals surface area contributed by atoms with Gasteiger partial charge in [-0.05, 0) is 78.4 Å². The highest BCUT2D eigenvalue weighted by Crippen LogP contribution is 2.43. The molecule has 12 heteroatoms. The first-order valence-corrected chi connectivity index (χ1v) is 14.1. The fraction of sp³-hybridized carbons (Fsp3) is 0.0857. The van der Waals surface area contributed by atoms with Crippen LogP contribution >= 0.6 is 0 Å². The Morgan fingerprint density at radius 2 is 0.979 bits per heavy atom. The van der Waals surface area contributed by atoms with Crippen molar-refractivity contribution in [3.63, 3.8) is 0 Å². The number of halogens is 5. The molecule has 8 bridgehead atoms. The summed E-state index contributed by atoms with van der Waals surface area (Å²) in [6, 6.07) is 13.7. The fourth-order valence-corrected chi connectivity index (χ4v) is 5.69. The first kappa shape index (κ1) is 29.8. The highest BCUT2D eigenvalue weighted by Gasteiger charge is 2.29. The van der Waals surface area contributed by atoms with E-state index in [0.29, 0.717) is 50.9 Å². The van der Waals surface area contributed by atoms with Crippen molar-refractivity contribution in [3.05, 3.63) is 100 Å². The zero-order valence-corrected chi connectivity index (χ0v) is 24.9. The summed E-state index contributed by atoms with van der Waals surface area (Å²) in [6.07, 6.45) is 6.63. The average molecular weight is 643 g/mol. The first-order valence-electron chi connectivity index (χ1n) is 14.1. The van der Waals surface area contributed by atoms with Gasteiger partial charge >= 0.3 is 0 Å². The Bertz CT molecular complexity index is 2290. The number of nitrogens with one attached hydrogen (secondary N) is 2. The third-order valence-electron chi connectivity index (χ3n) is 7.81. The molecule has 3 aromatic heterocycles. The van der Waals surface area contributed by atoms with Crippen LogP contribution in [-0.4, -0.2) is 41.3 Å². The van der Waals surface area contributed by atoms with Gasteiger partial charge in [0.05, 0.1) is 49.7 Å². The number of aromatic amines is 2. The van der Waals surface area contributed by atoms with Crippen LogP contribution in [0.25, 0.3) is 68.6 Å². The van der Waals surface area contributed by atoms with Crippen molar-refractivity contribution in [2.45, 2.75) is 0 Å². The zero-order chi connectivity index (χ0) is 33.0. The van der Waals surface area contributed by atoms with Crippen LogP contribution in [0.2, 0.25) is 0 Å². The topological polar surface area (TPSA) is 85.1 Å². The molecule has 0 aliphatic carbocycles. The highest BCUT2D eigenvalue weighted by molar-refractivity contribution is 5.94. The van der Waals surface area contributed by atoms with E-state index in [1.807, 2.05) is 24.3 Å². The van der Waals surface area contributed by atoms with Gasteiger partial charge in [0.25, 0.3) is 0 Å². The maximum atomic E-state index is 15.2. The summed E-state index contributed by atoms with van der Waals surface area (Å²) in [6.45, 7) is 0. The molecule has 7 nitrogen and oxygen atoms in total. The summed E-state index contributed by atoms with van der Waals surface area (Å²) < 4.78 is 89.8. The molecule has 0 saturated heterocycles. The van der Waals surface area contributed by atoms with E-state index in [1.165, 1.54) is 33.5 Å². The molecule has 2 aliphatic rings. The SMILES string of the molecule is COc1cc(-c2c3nc(cc4ccc([nH]4)c(-c4c(F)c(F)c(F)c(F)c4F)c4nc(cc5ccc2[nH]5)C=C4)C=C3)cc(OC)c1OC. The maximum absolute atomic E-state index is 15.2. The normalized spacial score (nSPS) is 12.1. The van der Waals surface area contributed by atoms with E-state index in [-0.39, 0.29) is 16.8 Å². The number of H-pyrrole nitrogens is 2. The van der Waals surface area contributed by atoms with E-state index in [9.17, 15) is 13.2 Å². The van der Waals surface area contributed by atoms with Crippen molar-refractivity contribution in [2.24, 2.45) is 0 Å². The third-order valence-corrected chi connectivity index (χ3v) is 7.81. The van der Waals surface area contributed by atoms with Crippen LogP contribution < -0.4 is 14.2 Å². The second kappa shape index (κ2) is 11.5. The van der Waals surface area contributed by atoms with Crippen molar-refractivity contribution in [1.29, 1.82) is 0 Å². The molecular weight excluding hydrogens is 619 g/mol.